The third-order valence-corrected chi connectivity index (χ3v) is 6.37. The summed E-state index contributed by atoms with van der Waals surface area (Å²) in [7, 11) is 0. The van der Waals surface area contributed by atoms with Crippen molar-refractivity contribution in [2.45, 2.75) is 18.9 Å². The number of rotatable bonds is 8. The van der Waals surface area contributed by atoms with E-state index in [0.717, 1.165) is 18.4 Å². The third kappa shape index (κ3) is 6.10. The number of amides is 2. The zero-order valence-electron chi connectivity index (χ0n) is 18.9. The Bertz CT molecular complexity index is 1210. The molecule has 12 heteroatoms. The summed E-state index contributed by atoms with van der Waals surface area (Å²) >= 11 is 1.22. The molecular weight excluding hydrogens is 470 g/mol. The van der Waals surface area contributed by atoms with E-state index in [2.05, 4.69) is 25.8 Å². The highest BCUT2D eigenvalue weighted by atomic mass is 32.1. The molecule has 182 valence electrons. The van der Waals surface area contributed by atoms with Gasteiger partial charge in [0.05, 0.1) is 31.5 Å². The summed E-state index contributed by atoms with van der Waals surface area (Å²) in [5.41, 5.74) is 7.21. The Kier molecular flexibility index (Phi) is 6.84. The van der Waals surface area contributed by atoms with Gasteiger partial charge < -0.3 is 20.5 Å². The molecule has 2 aliphatic rings. The number of nitrogens with two attached hydrogens (primary N) is 1. The quantitative estimate of drug-likeness (QED) is 0.428. The van der Waals surface area contributed by atoms with E-state index in [9.17, 15) is 9.59 Å². The molecule has 11 nitrogen and oxygen atoms in total. The van der Waals surface area contributed by atoms with Gasteiger partial charge in [-0.3, -0.25) is 19.8 Å². The fourth-order valence-electron chi connectivity index (χ4n) is 3.48. The zero-order chi connectivity index (χ0) is 24.2. The van der Waals surface area contributed by atoms with Gasteiger partial charge in [-0.1, -0.05) is 11.3 Å². The SMILES string of the molecule is Nc1ccc(-c2nnc(NC(=O)c3ccc(OC4CC4)c(NC(=O)CN4CCOCC4)c3)s2)cn1. The van der Waals surface area contributed by atoms with Crippen LogP contribution in [-0.4, -0.2) is 70.8 Å². The first-order valence-electron chi connectivity index (χ1n) is 11.3. The molecule has 0 bridgehead atoms. The second-order valence-corrected chi connectivity index (χ2v) is 9.28. The van der Waals surface area contributed by atoms with E-state index < -0.39 is 0 Å². The molecule has 1 aliphatic carbocycles. The van der Waals surface area contributed by atoms with E-state index in [1.807, 2.05) is 4.90 Å². The van der Waals surface area contributed by atoms with E-state index in [1.165, 1.54) is 11.3 Å². The van der Waals surface area contributed by atoms with Crippen LogP contribution in [0, 0.1) is 0 Å². The van der Waals surface area contributed by atoms with Gasteiger partial charge in [0.2, 0.25) is 11.0 Å². The van der Waals surface area contributed by atoms with Crippen molar-refractivity contribution in [3.63, 3.8) is 0 Å². The highest BCUT2D eigenvalue weighted by Gasteiger charge is 2.26. The van der Waals surface area contributed by atoms with Crippen molar-refractivity contribution in [3.8, 4) is 16.3 Å². The highest BCUT2D eigenvalue weighted by molar-refractivity contribution is 7.18. The lowest BCUT2D eigenvalue weighted by Crippen LogP contribution is -2.41. The number of carbonyl (C=O) groups is 2. The molecule has 1 aromatic carbocycles. The number of nitrogens with one attached hydrogen (secondary N) is 2. The first kappa shape index (κ1) is 23.1. The van der Waals surface area contributed by atoms with Crippen LogP contribution < -0.4 is 21.1 Å². The number of nitrogen functional groups attached to an aromatic ring is 1. The summed E-state index contributed by atoms with van der Waals surface area (Å²) in [5.74, 6) is 0.419. The first-order valence-corrected chi connectivity index (χ1v) is 12.1. The van der Waals surface area contributed by atoms with Crippen molar-refractivity contribution in [3.05, 3.63) is 42.1 Å². The first-order chi connectivity index (χ1) is 17.0. The molecule has 2 fully saturated rings. The average Bonchev–Trinajstić information content (AvgIpc) is 3.56. The molecule has 0 radical (unpaired) electrons. The Morgan fingerprint density at radius 3 is 2.71 bits per heavy atom. The Morgan fingerprint density at radius 1 is 1.14 bits per heavy atom. The van der Waals surface area contributed by atoms with Crippen molar-refractivity contribution in [1.29, 1.82) is 0 Å². The minimum absolute atomic E-state index is 0.146. The van der Waals surface area contributed by atoms with Crippen LogP contribution in [0.4, 0.5) is 16.6 Å². The van der Waals surface area contributed by atoms with Crippen molar-refractivity contribution in [2.24, 2.45) is 0 Å². The number of pyridine rings is 1. The van der Waals surface area contributed by atoms with Crippen LogP contribution in [0.25, 0.3) is 10.6 Å². The van der Waals surface area contributed by atoms with Gasteiger partial charge in [-0.25, -0.2) is 4.98 Å². The maximum absolute atomic E-state index is 12.9. The van der Waals surface area contributed by atoms with Gasteiger partial charge in [-0.2, -0.15) is 0 Å². The van der Waals surface area contributed by atoms with E-state index >= 15 is 0 Å². The number of nitrogens with zero attached hydrogens (tertiary/aromatic N) is 4. The number of aromatic nitrogens is 3. The molecule has 1 saturated heterocycles. The predicted molar refractivity (Wildman–Crippen MR) is 131 cm³/mol. The summed E-state index contributed by atoms with van der Waals surface area (Å²) in [4.78, 5) is 31.7. The second kappa shape index (κ2) is 10.3. The summed E-state index contributed by atoms with van der Waals surface area (Å²) in [6, 6.07) is 8.46. The molecule has 4 N–H and O–H groups in total. The summed E-state index contributed by atoms with van der Waals surface area (Å²) in [6.45, 7) is 2.88. The second-order valence-electron chi connectivity index (χ2n) is 8.30. The molecule has 3 heterocycles. The summed E-state index contributed by atoms with van der Waals surface area (Å²) < 4.78 is 11.3. The molecule has 0 unspecified atom stereocenters. The molecule has 0 spiro atoms. The minimum Gasteiger partial charge on any atom is -0.488 e. The van der Waals surface area contributed by atoms with Gasteiger partial charge in [0, 0.05) is 30.4 Å². The average molecular weight is 496 g/mol. The van der Waals surface area contributed by atoms with Crippen molar-refractivity contribution in [2.75, 3.05) is 49.2 Å². The number of ether oxygens (including phenoxy) is 2. The minimum atomic E-state index is -0.371. The topological polar surface area (TPSA) is 145 Å². The van der Waals surface area contributed by atoms with Crippen LogP contribution in [0.3, 0.4) is 0 Å². The van der Waals surface area contributed by atoms with Gasteiger partial charge in [0.25, 0.3) is 5.91 Å². The lowest BCUT2D eigenvalue weighted by Gasteiger charge is -2.26. The van der Waals surface area contributed by atoms with Crippen LogP contribution in [0.1, 0.15) is 23.2 Å². The summed E-state index contributed by atoms with van der Waals surface area (Å²) in [5, 5.41) is 14.8. The molecule has 1 saturated carbocycles. The van der Waals surface area contributed by atoms with Gasteiger partial charge in [-0.15, -0.1) is 10.2 Å². The molecule has 35 heavy (non-hydrogen) atoms. The zero-order valence-corrected chi connectivity index (χ0v) is 19.7. The number of carbonyl (C=O) groups excluding carboxylic acids is 2. The normalized spacial score (nSPS) is 16.0. The van der Waals surface area contributed by atoms with Gasteiger partial charge in [0.1, 0.15) is 11.6 Å². The fraction of sp³-hybridized carbons (Fsp3) is 0.348. The van der Waals surface area contributed by atoms with Gasteiger partial charge >= 0.3 is 0 Å². The van der Waals surface area contributed by atoms with Crippen LogP contribution in [0.2, 0.25) is 0 Å². The number of anilines is 3. The molecule has 2 aromatic heterocycles. The highest BCUT2D eigenvalue weighted by Crippen LogP contribution is 2.33. The monoisotopic (exact) mass is 495 g/mol. The number of hydrogen-bond donors (Lipinski definition) is 3. The molecule has 1 aliphatic heterocycles. The standard InChI is InChI=1S/C23H25N7O4S/c24-19-6-2-15(12-25-19)22-28-29-23(35-22)27-21(32)14-1-5-18(34-16-3-4-16)17(11-14)26-20(31)13-30-7-9-33-10-8-30/h1-2,5-6,11-12,16H,3-4,7-10,13H2,(H2,24,25)(H,26,31)(H,27,29,32). The lowest BCUT2D eigenvalue weighted by molar-refractivity contribution is -0.118. The molecule has 3 aromatic rings. The summed E-state index contributed by atoms with van der Waals surface area (Å²) in [6.07, 6.45) is 3.71. The fourth-order valence-corrected chi connectivity index (χ4v) is 4.21. The van der Waals surface area contributed by atoms with Crippen molar-refractivity contribution < 1.29 is 19.1 Å². The van der Waals surface area contributed by atoms with E-state index in [4.69, 9.17) is 15.2 Å². The Morgan fingerprint density at radius 2 is 1.97 bits per heavy atom. The van der Waals surface area contributed by atoms with E-state index in [-0.39, 0.29) is 24.5 Å². The maximum Gasteiger partial charge on any atom is 0.257 e. The largest absolute Gasteiger partial charge is 0.488 e. The molecule has 0 atom stereocenters. The van der Waals surface area contributed by atoms with E-state index in [0.29, 0.717) is 59.3 Å². The predicted octanol–water partition coefficient (Wildman–Crippen LogP) is 2.25. The van der Waals surface area contributed by atoms with Gasteiger partial charge in [-0.05, 0) is 43.2 Å². The van der Waals surface area contributed by atoms with Gasteiger partial charge in [0.15, 0.2) is 5.01 Å². The number of hydrogen-bond acceptors (Lipinski definition) is 10. The number of benzene rings is 1. The van der Waals surface area contributed by atoms with Crippen LogP contribution in [-0.2, 0) is 9.53 Å². The number of morpholine rings is 1. The van der Waals surface area contributed by atoms with Crippen molar-refractivity contribution in [1.82, 2.24) is 20.1 Å². The van der Waals surface area contributed by atoms with Crippen molar-refractivity contribution >= 4 is 39.8 Å². The van der Waals surface area contributed by atoms with Crippen LogP contribution in [0.5, 0.6) is 5.75 Å². The van der Waals surface area contributed by atoms with Crippen LogP contribution in [0.15, 0.2) is 36.5 Å². The third-order valence-electron chi connectivity index (χ3n) is 5.48. The maximum atomic E-state index is 12.9. The molecule has 5 rings (SSSR count). The lowest BCUT2D eigenvalue weighted by atomic mass is 10.1. The Hall–Kier alpha value is -3.61. The van der Waals surface area contributed by atoms with Crippen LogP contribution >= 0.6 is 11.3 Å². The molecule has 2 amide bonds. The molecular formula is C23H25N7O4S. The smallest absolute Gasteiger partial charge is 0.257 e. The Balaban J connectivity index is 1.28. The Labute approximate surface area is 205 Å². The van der Waals surface area contributed by atoms with E-state index in [1.54, 1.807) is 36.5 Å².